The van der Waals surface area contributed by atoms with E-state index >= 15 is 0 Å². The van der Waals surface area contributed by atoms with Crippen molar-refractivity contribution in [3.8, 4) is 5.75 Å². The first-order valence-corrected chi connectivity index (χ1v) is 15.4. The lowest BCUT2D eigenvalue weighted by Crippen LogP contribution is -2.42. The fourth-order valence-electron chi connectivity index (χ4n) is 7.48. The summed E-state index contributed by atoms with van der Waals surface area (Å²) in [5.74, 6) is -1.62. The number of anilines is 1. The second kappa shape index (κ2) is 10.1. The van der Waals surface area contributed by atoms with Crippen molar-refractivity contribution in [2.75, 3.05) is 18.1 Å². The van der Waals surface area contributed by atoms with Crippen molar-refractivity contribution in [2.45, 2.75) is 29.5 Å². The number of thiazole rings is 1. The first-order chi connectivity index (χ1) is 20.3. The zero-order chi connectivity index (χ0) is 29.3. The SMILES string of the molecule is CCOC(=O)COc1ccc([C@@H]2c3sc(=O)[nH]c3S[C@@H]3[C@@H]4C[C@@H]([C@@H]5C(=O)N(c6ccc([N+](=O)[O-])cc6)C(=O)[C@@H]45)[C@H]23)cc1. The summed E-state index contributed by atoms with van der Waals surface area (Å²) < 4.78 is 10.5. The van der Waals surface area contributed by atoms with Gasteiger partial charge in [-0.2, -0.15) is 0 Å². The molecule has 0 unspecified atom stereocenters. The summed E-state index contributed by atoms with van der Waals surface area (Å²) in [5, 5.41) is 12.0. The number of aromatic amines is 1. The number of esters is 1. The zero-order valence-electron chi connectivity index (χ0n) is 22.3. The Morgan fingerprint density at radius 3 is 2.40 bits per heavy atom. The summed E-state index contributed by atoms with van der Waals surface area (Å²) in [4.78, 5) is 67.3. The van der Waals surface area contributed by atoms with Crippen LogP contribution in [0.1, 0.15) is 29.7 Å². The van der Waals surface area contributed by atoms with E-state index in [-0.39, 0.29) is 64.5 Å². The number of hydrogen-bond donors (Lipinski definition) is 1. The van der Waals surface area contributed by atoms with E-state index in [9.17, 15) is 29.3 Å². The third-order valence-electron chi connectivity index (χ3n) is 8.94. The predicted molar refractivity (Wildman–Crippen MR) is 153 cm³/mol. The molecule has 3 fully saturated rings. The maximum atomic E-state index is 13.8. The molecule has 3 heterocycles. The number of carbonyl (C=O) groups excluding carboxylic acids is 3. The van der Waals surface area contributed by atoms with Gasteiger partial charge >= 0.3 is 10.8 Å². The zero-order valence-corrected chi connectivity index (χ0v) is 23.9. The lowest BCUT2D eigenvalue weighted by molar-refractivity contribution is -0.384. The van der Waals surface area contributed by atoms with Crippen LogP contribution < -0.4 is 14.5 Å². The third kappa shape index (κ3) is 4.09. The van der Waals surface area contributed by atoms with Gasteiger partial charge < -0.3 is 14.5 Å². The lowest BCUT2D eigenvalue weighted by atomic mass is 9.68. The van der Waals surface area contributed by atoms with Crippen molar-refractivity contribution in [1.29, 1.82) is 0 Å². The van der Waals surface area contributed by atoms with Gasteiger partial charge in [0.05, 0.1) is 34.1 Å². The summed E-state index contributed by atoms with van der Waals surface area (Å²) in [6.07, 6.45) is 0.750. The normalized spacial score (nSPS) is 28.8. The van der Waals surface area contributed by atoms with E-state index in [0.717, 1.165) is 21.9 Å². The molecule has 7 rings (SSSR count). The van der Waals surface area contributed by atoms with E-state index < -0.39 is 22.7 Å². The summed E-state index contributed by atoms with van der Waals surface area (Å²) in [6, 6.07) is 13.0. The van der Waals surface area contributed by atoms with Crippen LogP contribution in [0.15, 0.2) is 58.4 Å². The minimum Gasteiger partial charge on any atom is -0.482 e. The van der Waals surface area contributed by atoms with Gasteiger partial charge in [-0.1, -0.05) is 23.5 Å². The Morgan fingerprint density at radius 2 is 1.74 bits per heavy atom. The number of imide groups is 1. The number of non-ortho nitro benzene ring substituents is 1. The highest BCUT2D eigenvalue weighted by Crippen LogP contribution is 2.68. The summed E-state index contributed by atoms with van der Waals surface area (Å²) in [6.45, 7) is 1.80. The number of aromatic nitrogens is 1. The number of H-pyrrole nitrogens is 1. The minimum absolute atomic E-state index is 0.0278. The molecule has 216 valence electrons. The quantitative estimate of drug-likeness (QED) is 0.182. The molecular weight excluding hydrogens is 582 g/mol. The number of carbonyl (C=O) groups is 3. The van der Waals surface area contributed by atoms with Gasteiger partial charge in [-0.05, 0) is 60.9 Å². The molecule has 1 saturated heterocycles. The van der Waals surface area contributed by atoms with Crippen molar-refractivity contribution in [3.63, 3.8) is 0 Å². The third-order valence-corrected chi connectivity index (χ3v) is 11.5. The first-order valence-electron chi connectivity index (χ1n) is 13.7. The number of nitrogens with zero attached hydrogens (tertiary/aromatic N) is 2. The Labute approximate surface area is 247 Å². The van der Waals surface area contributed by atoms with E-state index in [4.69, 9.17) is 9.47 Å². The van der Waals surface area contributed by atoms with Gasteiger partial charge in [-0.25, -0.2) is 4.79 Å². The molecule has 0 radical (unpaired) electrons. The monoisotopic (exact) mass is 607 g/mol. The van der Waals surface area contributed by atoms with Crippen LogP contribution in [-0.4, -0.2) is 46.2 Å². The largest absolute Gasteiger partial charge is 0.482 e. The van der Waals surface area contributed by atoms with E-state index in [2.05, 4.69) is 4.98 Å². The van der Waals surface area contributed by atoms with E-state index in [0.29, 0.717) is 11.4 Å². The molecule has 42 heavy (non-hydrogen) atoms. The van der Waals surface area contributed by atoms with Gasteiger partial charge in [-0.15, -0.1) is 11.8 Å². The van der Waals surface area contributed by atoms with E-state index in [1.165, 1.54) is 40.5 Å². The van der Waals surface area contributed by atoms with Gasteiger partial charge in [0.15, 0.2) is 6.61 Å². The van der Waals surface area contributed by atoms with Crippen LogP contribution in [0.5, 0.6) is 5.75 Å². The van der Waals surface area contributed by atoms with Crippen LogP contribution >= 0.6 is 23.1 Å². The highest BCUT2D eigenvalue weighted by atomic mass is 32.2. The smallest absolute Gasteiger partial charge is 0.344 e. The molecule has 13 heteroatoms. The molecule has 4 aliphatic rings. The molecular formula is C29H25N3O8S2. The van der Waals surface area contributed by atoms with E-state index in [1.54, 1.807) is 30.8 Å². The Morgan fingerprint density at radius 1 is 1.05 bits per heavy atom. The number of benzene rings is 2. The number of nitro groups is 1. The number of amides is 2. The van der Waals surface area contributed by atoms with Gasteiger partial charge in [0.2, 0.25) is 11.8 Å². The number of fused-ring (bicyclic) bond motifs is 9. The summed E-state index contributed by atoms with van der Waals surface area (Å²) in [7, 11) is 0. The van der Waals surface area contributed by atoms with Gasteiger partial charge in [0.1, 0.15) is 5.75 Å². The van der Waals surface area contributed by atoms with Crippen LogP contribution in [0, 0.1) is 39.7 Å². The van der Waals surface area contributed by atoms with Crippen molar-refractivity contribution < 1.29 is 28.8 Å². The second-order valence-corrected chi connectivity index (χ2v) is 13.1. The number of nitrogens with one attached hydrogen (secondary N) is 1. The average molecular weight is 608 g/mol. The Bertz CT molecular complexity index is 1670. The molecule has 7 atom stereocenters. The Balaban J connectivity index is 1.20. The van der Waals surface area contributed by atoms with Crippen LogP contribution in [-0.2, 0) is 19.1 Å². The lowest BCUT2D eigenvalue weighted by Gasteiger charge is -2.43. The molecule has 2 bridgehead atoms. The molecule has 0 spiro atoms. The fraction of sp³-hybridized carbons (Fsp3) is 0.379. The maximum absolute atomic E-state index is 13.8. The maximum Gasteiger partial charge on any atom is 0.344 e. The number of ether oxygens (including phenoxy) is 2. The van der Waals surface area contributed by atoms with Crippen LogP contribution in [0.25, 0.3) is 0 Å². The molecule has 1 aromatic heterocycles. The Hall–Kier alpha value is -3.97. The van der Waals surface area contributed by atoms with Crippen molar-refractivity contribution in [3.05, 3.63) is 78.8 Å². The minimum atomic E-state index is -0.517. The number of hydrogen-bond acceptors (Lipinski definition) is 10. The topological polar surface area (TPSA) is 149 Å². The molecule has 2 aliphatic heterocycles. The van der Waals surface area contributed by atoms with E-state index in [1.807, 2.05) is 12.1 Å². The van der Waals surface area contributed by atoms with Gasteiger partial charge in [-0.3, -0.25) is 29.4 Å². The molecule has 2 amide bonds. The molecule has 2 saturated carbocycles. The number of thioether (sulfide) groups is 1. The highest BCUT2D eigenvalue weighted by Gasteiger charge is 2.69. The predicted octanol–water partition coefficient (Wildman–Crippen LogP) is 3.96. The highest BCUT2D eigenvalue weighted by molar-refractivity contribution is 8.00. The van der Waals surface area contributed by atoms with Crippen molar-refractivity contribution in [2.24, 2.45) is 29.6 Å². The van der Waals surface area contributed by atoms with Crippen LogP contribution in [0.2, 0.25) is 0 Å². The first kappa shape index (κ1) is 26.9. The second-order valence-electron chi connectivity index (χ2n) is 10.9. The molecule has 3 aromatic rings. The molecule has 2 aliphatic carbocycles. The Kier molecular flexibility index (Phi) is 6.46. The fourth-order valence-corrected chi connectivity index (χ4v) is 10.4. The van der Waals surface area contributed by atoms with Crippen LogP contribution in [0.3, 0.4) is 0 Å². The number of nitro benzene ring substituents is 1. The molecule has 2 aromatic carbocycles. The number of rotatable bonds is 7. The standard InChI is InChI=1S/C29H25N3O8S2/c1-2-39-19(33)12-40-16-9-3-13(4-10-16)20-21-17-11-18(24(21)41-26-25(20)42-29(36)30-26)23-22(17)27(34)31(28(23)35)14-5-7-15(8-6-14)32(37)38/h3-10,17-18,20-24H,2,11-12H2,1H3,(H,30,36)/t17-,18-,20+,21-,22+,23+,24-/m1/s1. The average Bonchev–Trinajstić information content (AvgIpc) is 3.71. The summed E-state index contributed by atoms with van der Waals surface area (Å²) in [5.41, 5.74) is 1.21. The van der Waals surface area contributed by atoms with Crippen molar-refractivity contribution >= 4 is 52.3 Å². The molecule has 1 N–H and O–H groups in total. The van der Waals surface area contributed by atoms with Crippen LogP contribution in [0.4, 0.5) is 11.4 Å². The summed E-state index contributed by atoms with van der Waals surface area (Å²) >= 11 is 2.78. The van der Waals surface area contributed by atoms with Gasteiger partial charge in [0.25, 0.3) is 5.69 Å². The molecule has 11 nitrogen and oxygen atoms in total. The van der Waals surface area contributed by atoms with Crippen molar-refractivity contribution in [1.82, 2.24) is 4.98 Å². The van der Waals surface area contributed by atoms with Gasteiger partial charge in [0, 0.05) is 28.2 Å².